The first kappa shape index (κ1) is 21.7. The van der Waals surface area contributed by atoms with Gasteiger partial charge in [-0.2, -0.15) is 8.78 Å². The number of alkyl halides is 2. The normalized spacial score (nSPS) is 12.1. The average Bonchev–Trinajstić information content (AvgIpc) is 2.65. The number of hydrogen-bond donors (Lipinski definition) is 0. The lowest BCUT2D eigenvalue weighted by Gasteiger charge is -2.18. The lowest BCUT2D eigenvalue weighted by Crippen LogP contribution is -2.16. The predicted molar refractivity (Wildman–Crippen MR) is 99.4 cm³/mol. The summed E-state index contributed by atoms with van der Waals surface area (Å²) in [7, 11) is -4.73. The third-order valence-corrected chi connectivity index (χ3v) is 5.46. The second-order valence-corrected chi connectivity index (χ2v) is 9.07. The summed E-state index contributed by atoms with van der Waals surface area (Å²) in [5.41, 5.74) is 1.33. The molecule has 2 aromatic carbocycles. The molecule has 0 aromatic heterocycles. The Morgan fingerprint density at radius 1 is 0.929 bits per heavy atom. The van der Waals surface area contributed by atoms with Gasteiger partial charge in [0.2, 0.25) is 9.84 Å². The van der Waals surface area contributed by atoms with Crippen LogP contribution in [0.3, 0.4) is 0 Å². The molecule has 0 amide bonds. The first-order valence-electron chi connectivity index (χ1n) is 8.36. The Hall–Kier alpha value is -2.61. The molecule has 0 atom stereocenters. The van der Waals surface area contributed by atoms with E-state index in [2.05, 4.69) is 0 Å². The second-order valence-electron chi connectivity index (χ2n) is 7.16. The number of rotatable bonds is 6. The predicted octanol–water partition coefficient (Wildman–Crippen LogP) is 4.02. The Morgan fingerprint density at radius 2 is 1.43 bits per heavy atom. The van der Waals surface area contributed by atoms with Crippen molar-refractivity contribution in [3.8, 4) is 0 Å². The van der Waals surface area contributed by atoms with Crippen LogP contribution in [0.5, 0.6) is 0 Å². The summed E-state index contributed by atoms with van der Waals surface area (Å²) in [4.78, 5) is 23.5. The van der Waals surface area contributed by atoms with Crippen LogP contribution < -0.4 is 0 Å². The maximum atomic E-state index is 12.5. The molecular weight excluding hydrogens is 390 g/mol. The van der Waals surface area contributed by atoms with E-state index in [0.717, 1.165) is 29.8 Å². The number of ketones is 1. The highest BCUT2D eigenvalue weighted by Crippen LogP contribution is 2.22. The smallest absolute Gasteiger partial charge is 0.341 e. The number of carbonyl (C=O) groups is 2. The fourth-order valence-electron chi connectivity index (χ4n) is 2.34. The van der Waals surface area contributed by atoms with E-state index in [1.807, 2.05) is 32.9 Å². The van der Waals surface area contributed by atoms with Gasteiger partial charge in [0.25, 0.3) is 0 Å². The van der Waals surface area contributed by atoms with Crippen molar-refractivity contribution in [2.45, 2.75) is 36.8 Å². The van der Waals surface area contributed by atoms with E-state index >= 15 is 0 Å². The second kappa shape index (κ2) is 8.18. The molecule has 8 heteroatoms. The summed E-state index contributed by atoms with van der Waals surface area (Å²) in [6, 6.07) is 10.9. The van der Waals surface area contributed by atoms with Gasteiger partial charge in [-0.25, -0.2) is 13.2 Å². The molecule has 0 aliphatic heterocycles. The summed E-state index contributed by atoms with van der Waals surface area (Å²) in [6.45, 7) is 5.64. The molecule has 0 saturated carbocycles. The number of esters is 1. The average molecular weight is 410 g/mol. The number of hydrogen-bond acceptors (Lipinski definition) is 5. The van der Waals surface area contributed by atoms with Crippen LogP contribution in [-0.4, -0.2) is 32.5 Å². The Balaban J connectivity index is 2.01. The van der Waals surface area contributed by atoms with E-state index in [0.29, 0.717) is 5.56 Å². The standard InChI is InChI=1S/C20H20F2O5S/c1-20(2,3)15-8-4-13(5-9-15)17(23)12-27-18(24)14-6-10-16(11-7-14)28(25,26)19(21)22/h4-11,19H,12H2,1-3H3. The highest BCUT2D eigenvalue weighted by atomic mass is 32.2. The Labute approximate surface area is 162 Å². The van der Waals surface area contributed by atoms with Crippen LogP contribution >= 0.6 is 0 Å². The number of carbonyl (C=O) groups excluding carboxylic acids is 2. The minimum Gasteiger partial charge on any atom is -0.454 e. The van der Waals surface area contributed by atoms with Gasteiger partial charge in [0.15, 0.2) is 12.4 Å². The van der Waals surface area contributed by atoms with Crippen LogP contribution in [0, 0.1) is 0 Å². The lowest BCUT2D eigenvalue weighted by molar-refractivity contribution is 0.0474. The highest BCUT2D eigenvalue weighted by Gasteiger charge is 2.26. The van der Waals surface area contributed by atoms with E-state index in [4.69, 9.17) is 4.74 Å². The molecule has 0 saturated heterocycles. The van der Waals surface area contributed by atoms with Crippen molar-refractivity contribution in [2.24, 2.45) is 0 Å². The van der Waals surface area contributed by atoms with E-state index in [1.165, 1.54) is 0 Å². The van der Waals surface area contributed by atoms with Crippen molar-refractivity contribution in [2.75, 3.05) is 6.61 Å². The SMILES string of the molecule is CC(C)(C)c1ccc(C(=O)COC(=O)c2ccc(S(=O)(=O)C(F)F)cc2)cc1. The van der Waals surface area contributed by atoms with Gasteiger partial charge in [0.05, 0.1) is 10.5 Å². The van der Waals surface area contributed by atoms with Gasteiger partial charge < -0.3 is 4.74 Å². The number of halogens is 2. The van der Waals surface area contributed by atoms with Gasteiger partial charge in [-0.1, -0.05) is 45.0 Å². The fraction of sp³-hybridized carbons (Fsp3) is 0.300. The quantitative estimate of drug-likeness (QED) is 0.531. The number of benzene rings is 2. The number of sulfone groups is 1. The third-order valence-electron chi connectivity index (χ3n) is 4.06. The molecule has 2 aromatic rings. The number of Topliss-reactive ketones (excluding diaryl/α,β-unsaturated/α-hetero) is 1. The van der Waals surface area contributed by atoms with E-state index < -0.39 is 38.8 Å². The zero-order valence-corrected chi connectivity index (χ0v) is 16.4. The van der Waals surface area contributed by atoms with Gasteiger partial charge in [0.1, 0.15) is 0 Å². The van der Waals surface area contributed by atoms with Crippen molar-refractivity contribution in [3.05, 3.63) is 65.2 Å². The molecule has 0 fully saturated rings. The van der Waals surface area contributed by atoms with Crippen molar-refractivity contribution in [1.29, 1.82) is 0 Å². The molecule has 0 heterocycles. The largest absolute Gasteiger partial charge is 0.454 e. The molecule has 150 valence electrons. The zero-order chi connectivity index (χ0) is 21.1. The van der Waals surface area contributed by atoms with Crippen LogP contribution in [0.1, 0.15) is 47.1 Å². The molecule has 0 spiro atoms. The van der Waals surface area contributed by atoms with Gasteiger partial charge in [-0.3, -0.25) is 4.79 Å². The highest BCUT2D eigenvalue weighted by molar-refractivity contribution is 7.91. The molecule has 2 rings (SSSR count). The minimum atomic E-state index is -4.73. The molecule has 0 unspecified atom stereocenters. The lowest BCUT2D eigenvalue weighted by atomic mass is 9.86. The van der Waals surface area contributed by atoms with Gasteiger partial charge >= 0.3 is 11.7 Å². The van der Waals surface area contributed by atoms with Crippen molar-refractivity contribution in [1.82, 2.24) is 0 Å². The third kappa shape index (κ3) is 5.01. The van der Waals surface area contributed by atoms with Crippen molar-refractivity contribution < 1.29 is 31.5 Å². The van der Waals surface area contributed by atoms with Crippen LogP contribution in [0.2, 0.25) is 0 Å². The monoisotopic (exact) mass is 410 g/mol. The first-order valence-corrected chi connectivity index (χ1v) is 9.90. The zero-order valence-electron chi connectivity index (χ0n) is 15.6. The van der Waals surface area contributed by atoms with Crippen LogP contribution in [0.15, 0.2) is 53.4 Å². The van der Waals surface area contributed by atoms with E-state index in [-0.39, 0.29) is 11.0 Å². The molecule has 0 aliphatic rings. The van der Waals surface area contributed by atoms with Gasteiger partial charge in [-0.05, 0) is 35.2 Å². The van der Waals surface area contributed by atoms with E-state index in [9.17, 15) is 26.8 Å². The molecule has 0 bridgehead atoms. The Kier molecular flexibility index (Phi) is 6.34. The van der Waals surface area contributed by atoms with Crippen molar-refractivity contribution >= 4 is 21.6 Å². The molecule has 5 nitrogen and oxygen atoms in total. The molecule has 0 radical (unpaired) electrons. The molecule has 0 aliphatic carbocycles. The van der Waals surface area contributed by atoms with Crippen molar-refractivity contribution in [3.63, 3.8) is 0 Å². The summed E-state index contributed by atoms with van der Waals surface area (Å²) in [5, 5.41) is 0. The van der Waals surface area contributed by atoms with E-state index in [1.54, 1.807) is 12.1 Å². The van der Waals surface area contributed by atoms with Crippen LogP contribution in [0.4, 0.5) is 8.78 Å². The Morgan fingerprint density at radius 3 is 1.89 bits per heavy atom. The molecule has 28 heavy (non-hydrogen) atoms. The summed E-state index contributed by atoms with van der Waals surface area (Å²) >= 11 is 0. The summed E-state index contributed by atoms with van der Waals surface area (Å²) < 4.78 is 52.7. The Bertz CT molecular complexity index is 957. The summed E-state index contributed by atoms with van der Waals surface area (Å²) in [6.07, 6.45) is 0. The van der Waals surface area contributed by atoms with Crippen LogP contribution in [-0.2, 0) is 20.0 Å². The van der Waals surface area contributed by atoms with Gasteiger partial charge in [0, 0.05) is 5.56 Å². The molecule has 0 N–H and O–H groups in total. The first-order chi connectivity index (χ1) is 12.9. The number of ether oxygens (including phenoxy) is 1. The summed E-state index contributed by atoms with van der Waals surface area (Å²) in [5.74, 6) is -4.81. The van der Waals surface area contributed by atoms with Crippen LogP contribution in [0.25, 0.3) is 0 Å². The topological polar surface area (TPSA) is 77.5 Å². The maximum absolute atomic E-state index is 12.5. The molecular formula is C20H20F2O5S. The maximum Gasteiger partial charge on any atom is 0.341 e. The van der Waals surface area contributed by atoms with Gasteiger partial charge in [-0.15, -0.1) is 0 Å². The minimum absolute atomic E-state index is 0.0518. The fourth-order valence-corrected chi connectivity index (χ4v) is 3.06.